The second kappa shape index (κ2) is 9.11. The molecule has 29 heavy (non-hydrogen) atoms. The summed E-state index contributed by atoms with van der Waals surface area (Å²) in [6, 6.07) is 20.4. The van der Waals surface area contributed by atoms with Crippen molar-refractivity contribution in [2.75, 3.05) is 15.9 Å². The van der Waals surface area contributed by atoms with Crippen molar-refractivity contribution < 1.29 is 13.2 Å². The van der Waals surface area contributed by atoms with E-state index in [4.69, 9.17) is 11.6 Å². The number of halogens is 1. The number of carbonyl (C=O) groups is 1. The molecule has 0 unspecified atom stereocenters. The first kappa shape index (κ1) is 20.9. The Labute approximate surface area is 175 Å². The number of para-hydroxylation sites is 1. The van der Waals surface area contributed by atoms with Gasteiger partial charge in [0, 0.05) is 22.8 Å². The number of anilines is 2. The predicted octanol–water partition coefficient (Wildman–Crippen LogP) is 4.83. The minimum Gasteiger partial charge on any atom is -0.322 e. The predicted molar refractivity (Wildman–Crippen MR) is 117 cm³/mol. The zero-order chi connectivity index (χ0) is 20.9. The van der Waals surface area contributed by atoms with Crippen molar-refractivity contribution in [2.45, 2.75) is 18.2 Å². The molecule has 3 rings (SSSR count). The Bertz CT molecular complexity index is 1100. The van der Waals surface area contributed by atoms with Crippen molar-refractivity contribution in [1.29, 1.82) is 0 Å². The highest BCUT2D eigenvalue weighted by Crippen LogP contribution is 2.19. The van der Waals surface area contributed by atoms with Crippen LogP contribution in [-0.4, -0.2) is 20.2 Å². The summed E-state index contributed by atoms with van der Waals surface area (Å²) in [6.07, 6.45) is 0.682. The summed E-state index contributed by atoms with van der Waals surface area (Å²) >= 11 is 5.70. The molecule has 0 bridgehead atoms. The second-order valence-electron chi connectivity index (χ2n) is 6.53. The van der Waals surface area contributed by atoms with E-state index in [1.807, 2.05) is 31.2 Å². The average Bonchev–Trinajstić information content (AvgIpc) is 2.70. The van der Waals surface area contributed by atoms with Crippen LogP contribution in [0.15, 0.2) is 77.7 Å². The van der Waals surface area contributed by atoms with Gasteiger partial charge in [-0.2, -0.15) is 0 Å². The van der Waals surface area contributed by atoms with Crippen molar-refractivity contribution in [1.82, 2.24) is 0 Å². The Morgan fingerprint density at radius 3 is 2.21 bits per heavy atom. The molecule has 3 aromatic carbocycles. The first-order valence-electron chi connectivity index (χ1n) is 9.04. The third-order valence-electron chi connectivity index (χ3n) is 4.41. The first-order valence-corrected chi connectivity index (χ1v) is 11.1. The van der Waals surface area contributed by atoms with Gasteiger partial charge in [-0.3, -0.25) is 9.52 Å². The molecule has 0 fully saturated rings. The standard InChI is InChI=1S/C22H21ClN2O3S/c1-16-4-2-3-5-21(16)24-22(26)18-8-10-19(11-9-18)25-29(27,28)20-12-6-17(7-13-20)14-15-23/h2-13,25H,14-15H2,1H3,(H,24,26). The number of alkyl halides is 1. The van der Waals surface area contributed by atoms with E-state index in [0.717, 1.165) is 16.8 Å². The summed E-state index contributed by atoms with van der Waals surface area (Å²) in [6.45, 7) is 1.91. The molecule has 0 spiro atoms. The van der Waals surface area contributed by atoms with Crippen molar-refractivity contribution in [3.63, 3.8) is 0 Å². The number of hydrogen-bond donors (Lipinski definition) is 2. The zero-order valence-electron chi connectivity index (χ0n) is 15.9. The smallest absolute Gasteiger partial charge is 0.261 e. The maximum atomic E-state index is 12.6. The van der Waals surface area contributed by atoms with Gasteiger partial charge in [-0.1, -0.05) is 30.3 Å². The summed E-state index contributed by atoms with van der Waals surface area (Å²) in [7, 11) is -3.72. The van der Waals surface area contributed by atoms with Gasteiger partial charge in [-0.15, -0.1) is 11.6 Å². The van der Waals surface area contributed by atoms with E-state index in [2.05, 4.69) is 10.0 Å². The second-order valence-corrected chi connectivity index (χ2v) is 8.60. The third-order valence-corrected chi connectivity index (χ3v) is 6.00. The Morgan fingerprint density at radius 2 is 1.59 bits per heavy atom. The van der Waals surface area contributed by atoms with E-state index in [-0.39, 0.29) is 10.8 Å². The SMILES string of the molecule is Cc1ccccc1NC(=O)c1ccc(NS(=O)(=O)c2ccc(CCCl)cc2)cc1. The van der Waals surface area contributed by atoms with Crippen LogP contribution < -0.4 is 10.0 Å². The summed E-state index contributed by atoms with van der Waals surface area (Å²) in [5, 5.41) is 2.85. The molecule has 0 heterocycles. The number of amides is 1. The van der Waals surface area contributed by atoms with Gasteiger partial charge >= 0.3 is 0 Å². The van der Waals surface area contributed by atoms with Gasteiger partial charge in [0.15, 0.2) is 0 Å². The number of hydrogen-bond acceptors (Lipinski definition) is 3. The van der Waals surface area contributed by atoms with E-state index in [1.165, 1.54) is 0 Å². The van der Waals surface area contributed by atoms with Gasteiger partial charge in [0.2, 0.25) is 0 Å². The molecule has 0 radical (unpaired) electrons. The third kappa shape index (κ3) is 5.37. The normalized spacial score (nSPS) is 11.1. The molecular weight excluding hydrogens is 408 g/mol. The molecule has 3 aromatic rings. The minimum atomic E-state index is -3.72. The van der Waals surface area contributed by atoms with E-state index in [0.29, 0.717) is 23.6 Å². The van der Waals surface area contributed by atoms with Crippen molar-refractivity contribution in [3.05, 3.63) is 89.5 Å². The number of benzene rings is 3. The average molecular weight is 429 g/mol. The van der Waals surface area contributed by atoms with E-state index in [9.17, 15) is 13.2 Å². The maximum Gasteiger partial charge on any atom is 0.261 e. The van der Waals surface area contributed by atoms with Crippen LogP contribution in [0.1, 0.15) is 21.5 Å². The molecule has 5 nitrogen and oxygen atoms in total. The zero-order valence-corrected chi connectivity index (χ0v) is 17.4. The van der Waals surface area contributed by atoms with Crippen molar-refractivity contribution >= 4 is 38.9 Å². The molecule has 0 aliphatic heterocycles. The molecular formula is C22H21ClN2O3S. The highest BCUT2D eigenvalue weighted by atomic mass is 35.5. The molecule has 1 amide bonds. The molecule has 0 atom stereocenters. The quantitative estimate of drug-likeness (QED) is 0.529. The molecule has 0 aliphatic rings. The fraction of sp³-hybridized carbons (Fsp3) is 0.136. The van der Waals surface area contributed by atoms with Crippen molar-refractivity contribution in [2.24, 2.45) is 0 Å². The lowest BCUT2D eigenvalue weighted by Gasteiger charge is -2.10. The molecule has 7 heteroatoms. The summed E-state index contributed by atoms with van der Waals surface area (Å²) < 4.78 is 27.6. The first-order chi connectivity index (χ1) is 13.9. The van der Waals surface area contributed by atoms with E-state index >= 15 is 0 Å². The number of sulfonamides is 1. The Balaban J connectivity index is 1.69. The van der Waals surface area contributed by atoms with E-state index < -0.39 is 10.0 Å². The van der Waals surface area contributed by atoms with Crippen molar-refractivity contribution in [3.8, 4) is 0 Å². The lowest BCUT2D eigenvalue weighted by Crippen LogP contribution is -2.14. The Morgan fingerprint density at radius 1 is 0.931 bits per heavy atom. The number of nitrogens with one attached hydrogen (secondary N) is 2. The number of carbonyl (C=O) groups excluding carboxylic acids is 1. The van der Waals surface area contributed by atoms with Gasteiger partial charge in [-0.25, -0.2) is 8.42 Å². The Kier molecular flexibility index (Phi) is 6.56. The number of rotatable bonds is 7. The van der Waals surface area contributed by atoms with Crippen LogP contribution >= 0.6 is 11.6 Å². The van der Waals surface area contributed by atoms with Crippen LogP contribution in [0.5, 0.6) is 0 Å². The Hall–Kier alpha value is -2.83. The minimum absolute atomic E-state index is 0.164. The van der Waals surface area contributed by atoms with Gasteiger partial charge in [-0.05, 0) is 66.9 Å². The fourth-order valence-corrected chi connectivity index (χ4v) is 4.03. The molecule has 0 saturated carbocycles. The number of aryl methyl sites for hydroxylation is 2. The molecule has 150 valence electrons. The molecule has 0 aromatic heterocycles. The highest BCUT2D eigenvalue weighted by Gasteiger charge is 2.15. The lowest BCUT2D eigenvalue weighted by atomic mass is 10.1. The van der Waals surface area contributed by atoms with Crippen LogP contribution in [0.25, 0.3) is 0 Å². The topological polar surface area (TPSA) is 75.3 Å². The van der Waals surface area contributed by atoms with Gasteiger partial charge in [0.05, 0.1) is 4.90 Å². The maximum absolute atomic E-state index is 12.6. The largest absolute Gasteiger partial charge is 0.322 e. The summed E-state index contributed by atoms with van der Waals surface area (Å²) in [5.74, 6) is 0.220. The molecule has 0 saturated heterocycles. The van der Waals surface area contributed by atoms with Crippen LogP contribution in [0.3, 0.4) is 0 Å². The van der Waals surface area contributed by atoms with E-state index in [1.54, 1.807) is 48.5 Å². The van der Waals surface area contributed by atoms with Crippen LogP contribution in [0.4, 0.5) is 11.4 Å². The van der Waals surface area contributed by atoms with Gasteiger partial charge in [0.1, 0.15) is 0 Å². The van der Waals surface area contributed by atoms with Crippen LogP contribution in [0, 0.1) is 6.92 Å². The van der Waals surface area contributed by atoms with Gasteiger partial charge in [0.25, 0.3) is 15.9 Å². The fourth-order valence-electron chi connectivity index (χ4n) is 2.76. The monoisotopic (exact) mass is 428 g/mol. The molecule has 0 aliphatic carbocycles. The lowest BCUT2D eigenvalue weighted by molar-refractivity contribution is 0.102. The molecule has 2 N–H and O–H groups in total. The highest BCUT2D eigenvalue weighted by molar-refractivity contribution is 7.92. The summed E-state index contributed by atoms with van der Waals surface area (Å²) in [5.41, 5.74) is 3.48. The van der Waals surface area contributed by atoms with Crippen LogP contribution in [0.2, 0.25) is 0 Å². The van der Waals surface area contributed by atoms with Gasteiger partial charge < -0.3 is 5.32 Å². The summed E-state index contributed by atoms with van der Waals surface area (Å²) in [4.78, 5) is 12.6. The van der Waals surface area contributed by atoms with Crippen LogP contribution in [-0.2, 0) is 16.4 Å².